The molecule has 0 saturated carbocycles. The quantitative estimate of drug-likeness (QED) is 0.545. The largest absolute Gasteiger partial charge is 0.489 e. The third kappa shape index (κ3) is 5.98. The summed E-state index contributed by atoms with van der Waals surface area (Å²) in [5.41, 5.74) is 0.867. The summed E-state index contributed by atoms with van der Waals surface area (Å²) in [6.07, 6.45) is 1.45. The first-order valence-electron chi connectivity index (χ1n) is 11.3. The fraction of sp³-hybridized carbons (Fsp3) is 0.259. The summed E-state index contributed by atoms with van der Waals surface area (Å²) in [7, 11) is 1.60. The van der Waals surface area contributed by atoms with Crippen molar-refractivity contribution in [3.8, 4) is 29.2 Å². The molecule has 0 bridgehead atoms. The lowest BCUT2D eigenvalue weighted by molar-refractivity contribution is -0.120. The van der Waals surface area contributed by atoms with Gasteiger partial charge in [0.2, 0.25) is 5.88 Å². The van der Waals surface area contributed by atoms with Crippen LogP contribution in [0.25, 0.3) is 0 Å². The Morgan fingerprint density at radius 2 is 2.06 bits per heavy atom. The smallest absolute Gasteiger partial charge is 0.270 e. The summed E-state index contributed by atoms with van der Waals surface area (Å²) in [6.45, 7) is 4.97. The zero-order chi connectivity index (χ0) is 25.9. The zero-order valence-corrected chi connectivity index (χ0v) is 20.4. The number of ether oxygens (including phenoxy) is 2. The predicted octanol–water partition coefficient (Wildman–Crippen LogP) is 2.85. The van der Waals surface area contributed by atoms with Crippen molar-refractivity contribution >= 4 is 17.5 Å². The van der Waals surface area contributed by atoms with Gasteiger partial charge >= 0.3 is 0 Å². The van der Waals surface area contributed by atoms with Gasteiger partial charge in [0.15, 0.2) is 0 Å². The highest BCUT2D eigenvalue weighted by atomic mass is 16.5. The van der Waals surface area contributed by atoms with Crippen LogP contribution in [-0.4, -0.2) is 52.2 Å². The van der Waals surface area contributed by atoms with E-state index in [9.17, 15) is 14.7 Å². The lowest BCUT2D eigenvalue weighted by Crippen LogP contribution is -2.49. The molecular weight excluding hydrogens is 460 g/mol. The van der Waals surface area contributed by atoms with Crippen molar-refractivity contribution < 1.29 is 24.2 Å². The Labute approximate surface area is 209 Å². The maximum atomic E-state index is 13.1. The van der Waals surface area contributed by atoms with Crippen LogP contribution in [0.3, 0.4) is 0 Å². The molecule has 3 heterocycles. The molecule has 0 spiro atoms. The summed E-state index contributed by atoms with van der Waals surface area (Å²) >= 11 is 0. The monoisotopic (exact) mass is 486 g/mol. The minimum Gasteiger partial charge on any atom is -0.489 e. The van der Waals surface area contributed by atoms with E-state index in [-0.39, 0.29) is 18.2 Å². The van der Waals surface area contributed by atoms with Crippen LogP contribution in [0.4, 0.5) is 5.69 Å². The van der Waals surface area contributed by atoms with E-state index in [0.29, 0.717) is 28.6 Å². The summed E-state index contributed by atoms with van der Waals surface area (Å²) in [5, 5.41) is 12.6. The van der Waals surface area contributed by atoms with Gasteiger partial charge in [-0.15, -0.1) is 0 Å². The number of carbonyl (C=O) groups is 2. The second kappa shape index (κ2) is 10.1. The number of likely N-dealkylation sites (N-methyl/N-ethyl adjacent to an activating group) is 1. The number of nitrogens with one attached hydrogen (secondary N) is 1. The zero-order valence-electron chi connectivity index (χ0n) is 20.4. The summed E-state index contributed by atoms with van der Waals surface area (Å²) in [4.78, 5) is 35.9. The van der Waals surface area contributed by atoms with E-state index in [1.807, 2.05) is 19.1 Å². The molecule has 0 radical (unpaired) electrons. The number of fused-ring (bicyclic) bond motifs is 1. The molecule has 3 aromatic rings. The van der Waals surface area contributed by atoms with Gasteiger partial charge in [-0.05, 0) is 51.1 Å². The fourth-order valence-electron chi connectivity index (χ4n) is 3.43. The third-order valence-electron chi connectivity index (χ3n) is 5.22. The molecule has 0 aliphatic carbocycles. The first kappa shape index (κ1) is 24.7. The Morgan fingerprint density at radius 3 is 2.81 bits per heavy atom. The molecule has 1 aliphatic heterocycles. The van der Waals surface area contributed by atoms with Crippen LogP contribution in [0.5, 0.6) is 17.4 Å². The van der Waals surface area contributed by atoms with Crippen LogP contribution in [-0.2, 0) is 4.79 Å². The minimum atomic E-state index is -1.15. The number of pyridine rings is 2. The molecule has 2 aromatic heterocycles. The third-order valence-corrected chi connectivity index (χ3v) is 5.22. The number of benzene rings is 1. The molecule has 1 aliphatic rings. The van der Waals surface area contributed by atoms with Crippen LogP contribution in [0.15, 0.2) is 54.7 Å². The van der Waals surface area contributed by atoms with Gasteiger partial charge in [-0.3, -0.25) is 14.6 Å². The van der Waals surface area contributed by atoms with Crippen molar-refractivity contribution in [3.63, 3.8) is 0 Å². The van der Waals surface area contributed by atoms with Gasteiger partial charge in [0.25, 0.3) is 11.8 Å². The maximum absolute atomic E-state index is 13.1. The topological polar surface area (TPSA) is 114 Å². The molecular formula is C27H26N4O5. The highest BCUT2D eigenvalue weighted by Gasteiger charge is 2.31. The van der Waals surface area contributed by atoms with Crippen LogP contribution in [0, 0.1) is 18.8 Å². The van der Waals surface area contributed by atoms with Gasteiger partial charge in [0.05, 0.1) is 5.69 Å². The van der Waals surface area contributed by atoms with Gasteiger partial charge in [0.1, 0.15) is 35.4 Å². The number of hydrogen-bond acceptors (Lipinski definition) is 7. The SMILES string of the molecule is Cc1cccc(Oc2ccnc(C(=O)NC3COc4ccc(C#CC(C)(C)O)cc4N(C)C3=O)c2)n1. The van der Waals surface area contributed by atoms with Crippen molar-refractivity contribution in [2.24, 2.45) is 0 Å². The average Bonchev–Trinajstić information content (AvgIpc) is 2.94. The molecule has 0 fully saturated rings. The van der Waals surface area contributed by atoms with Crippen molar-refractivity contribution in [1.82, 2.24) is 15.3 Å². The van der Waals surface area contributed by atoms with E-state index >= 15 is 0 Å². The van der Waals surface area contributed by atoms with Gasteiger partial charge in [-0.2, -0.15) is 0 Å². The predicted molar refractivity (Wildman–Crippen MR) is 133 cm³/mol. The Kier molecular flexibility index (Phi) is 6.90. The Hall–Kier alpha value is -4.42. The standard InChI is InChI=1S/C27H26N4O5/c1-17-6-5-7-24(29-17)36-19-11-13-28-20(15-19)25(32)30-21-16-35-23-9-8-18(10-12-27(2,3)34)14-22(23)31(4)26(21)33/h5-9,11,13-15,21,34H,16H2,1-4H3,(H,30,32). The Bertz CT molecular complexity index is 1370. The van der Waals surface area contributed by atoms with Gasteiger partial charge < -0.3 is 24.8 Å². The van der Waals surface area contributed by atoms with Crippen LogP contribution < -0.4 is 19.7 Å². The maximum Gasteiger partial charge on any atom is 0.270 e. The summed E-state index contributed by atoms with van der Waals surface area (Å²) in [6, 6.07) is 12.7. The highest BCUT2D eigenvalue weighted by molar-refractivity contribution is 6.03. The first-order chi connectivity index (χ1) is 17.1. The van der Waals surface area contributed by atoms with Gasteiger partial charge in [-0.25, -0.2) is 4.98 Å². The normalized spacial score (nSPS) is 15.1. The number of nitrogens with zero attached hydrogens (tertiary/aromatic N) is 3. The molecule has 4 rings (SSSR count). The second-order valence-electron chi connectivity index (χ2n) is 8.82. The summed E-state index contributed by atoms with van der Waals surface area (Å²) < 4.78 is 11.6. The fourth-order valence-corrected chi connectivity index (χ4v) is 3.43. The van der Waals surface area contributed by atoms with E-state index in [1.165, 1.54) is 17.2 Å². The lowest BCUT2D eigenvalue weighted by Gasteiger charge is -2.20. The van der Waals surface area contributed by atoms with E-state index in [4.69, 9.17) is 9.47 Å². The summed E-state index contributed by atoms with van der Waals surface area (Å²) in [5.74, 6) is 6.00. The molecule has 0 saturated heterocycles. The number of aliphatic hydroxyl groups is 1. The number of aromatic nitrogens is 2. The van der Waals surface area contributed by atoms with E-state index in [1.54, 1.807) is 51.2 Å². The number of carbonyl (C=O) groups excluding carboxylic acids is 2. The number of amides is 2. The molecule has 184 valence electrons. The van der Waals surface area contributed by atoms with E-state index in [2.05, 4.69) is 27.1 Å². The highest BCUT2D eigenvalue weighted by Crippen LogP contribution is 2.31. The van der Waals surface area contributed by atoms with Crippen molar-refractivity contribution in [2.75, 3.05) is 18.6 Å². The minimum absolute atomic E-state index is 0.0555. The molecule has 36 heavy (non-hydrogen) atoms. The molecule has 1 aromatic carbocycles. The second-order valence-corrected chi connectivity index (χ2v) is 8.82. The molecule has 9 heteroatoms. The lowest BCUT2D eigenvalue weighted by atomic mass is 10.1. The molecule has 2 amide bonds. The van der Waals surface area contributed by atoms with Crippen LogP contribution >= 0.6 is 0 Å². The van der Waals surface area contributed by atoms with Crippen molar-refractivity contribution in [2.45, 2.75) is 32.4 Å². The number of hydrogen-bond donors (Lipinski definition) is 2. The van der Waals surface area contributed by atoms with E-state index < -0.39 is 17.6 Å². The first-order valence-corrected chi connectivity index (χ1v) is 11.3. The van der Waals surface area contributed by atoms with Gasteiger partial charge in [-0.1, -0.05) is 17.9 Å². The molecule has 2 N–H and O–H groups in total. The average molecular weight is 487 g/mol. The van der Waals surface area contributed by atoms with Crippen LogP contribution in [0.2, 0.25) is 0 Å². The van der Waals surface area contributed by atoms with Gasteiger partial charge in [0, 0.05) is 36.6 Å². The number of rotatable bonds is 4. The van der Waals surface area contributed by atoms with Crippen molar-refractivity contribution in [1.29, 1.82) is 0 Å². The Balaban J connectivity index is 1.48. The van der Waals surface area contributed by atoms with Crippen molar-refractivity contribution in [3.05, 3.63) is 71.7 Å². The van der Waals surface area contributed by atoms with E-state index in [0.717, 1.165) is 5.69 Å². The molecule has 9 nitrogen and oxygen atoms in total. The van der Waals surface area contributed by atoms with Crippen LogP contribution in [0.1, 0.15) is 35.6 Å². The number of aryl methyl sites for hydroxylation is 1. The molecule has 1 unspecified atom stereocenters. The Morgan fingerprint density at radius 1 is 1.25 bits per heavy atom. The number of anilines is 1. The molecule has 1 atom stereocenters.